The molecule has 0 aromatic heterocycles. The van der Waals surface area contributed by atoms with Crippen LogP contribution in [0.2, 0.25) is 0 Å². The molecule has 88 valence electrons. The van der Waals surface area contributed by atoms with E-state index >= 15 is 0 Å². The van der Waals surface area contributed by atoms with Gasteiger partial charge in [-0.2, -0.15) is 5.84 Å². The molecule has 0 radical (unpaired) electrons. The zero-order chi connectivity index (χ0) is 11.4. The molecule has 1 saturated carbocycles. The van der Waals surface area contributed by atoms with Gasteiger partial charge in [0.05, 0.1) is 7.05 Å². The Morgan fingerprint density at radius 1 is 1.12 bits per heavy atom. The second kappa shape index (κ2) is 4.98. The van der Waals surface area contributed by atoms with E-state index in [1.165, 1.54) is 37.7 Å². The summed E-state index contributed by atoms with van der Waals surface area (Å²) in [4.78, 5) is 0. The molecule has 0 aliphatic heterocycles. The molecular formula is C14H23N2+. The Bertz CT molecular complexity index is 313. The number of nitrogens with two attached hydrogens (primary N) is 1. The van der Waals surface area contributed by atoms with Crippen LogP contribution in [-0.4, -0.2) is 17.7 Å². The number of nitrogens with zero attached hydrogens (tertiary/aromatic N) is 1. The molecule has 1 fully saturated rings. The molecule has 0 heterocycles. The Balaban J connectivity index is 2.01. The second-order valence-electron chi connectivity index (χ2n) is 5.28. The summed E-state index contributed by atoms with van der Waals surface area (Å²) in [5, 5.41) is 0. The molecule has 1 atom stereocenters. The molecule has 1 aliphatic rings. The summed E-state index contributed by atoms with van der Waals surface area (Å²) < 4.78 is 0.657. The van der Waals surface area contributed by atoms with E-state index in [1.807, 2.05) is 0 Å². The normalized spacial score (nSPS) is 21.6. The molecule has 2 heteroatoms. The fourth-order valence-electron chi connectivity index (χ4n) is 2.78. The van der Waals surface area contributed by atoms with Crippen molar-refractivity contribution in [3.8, 4) is 0 Å². The predicted molar refractivity (Wildman–Crippen MR) is 67.4 cm³/mol. The van der Waals surface area contributed by atoms with E-state index in [4.69, 9.17) is 5.84 Å². The number of hydrogen-bond acceptors (Lipinski definition) is 1. The molecule has 0 saturated heterocycles. The van der Waals surface area contributed by atoms with E-state index in [0.717, 1.165) is 6.54 Å². The first kappa shape index (κ1) is 11.6. The lowest BCUT2D eigenvalue weighted by Gasteiger charge is -2.38. The molecule has 1 aromatic rings. The third-order valence-electron chi connectivity index (χ3n) is 3.77. The van der Waals surface area contributed by atoms with E-state index in [1.54, 1.807) is 0 Å². The molecule has 1 unspecified atom stereocenters. The number of rotatable bonds is 3. The van der Waals surface area contributed by atoms with Gasteiger partial charge in [-0.1, -0.05) is 36.8 Å². The van der Waals surface area contributed by atoms with E-state index < -0.39 is 0 Å². The monoisotopic (exact) mass is 219 g/mol. The summed E-state index contributed by atoms with van der Waals surface area (Å²) in [6, 6.07) is 11.2. The van der Waals surface area contributed by atoms with E-state index in [9.17, 15) is 0 Å². The summed E-state index contributed by atoms with van der Waals surface area (Å²) in [5.74, 6) is 6.46. The minimum Gasteiger partial charge on any atom is -0.245 e. The third kappa shape index (κ3) is 2.83. The highest BCUT2D eigenvalue weighted by molar-refractivity contribution is 5.13. The maximum absolute atomic E-state index is 6.46. The lowest BCUT2D eigenvalue weighted by molar-refractivity contribution is -0.958. The van der Waals surface area contributed by atoms with Gasteiger partial charge in [-0.05, 0) is 12.8 Å². The maximum atomic E-state index is 6.46. The molecule has 2 N–H and O–H groups in total. The highest BCUT2D eigenvalue weighted by Gasteiger charge is 2.30. The largest absolute Gasteiger partial charge is 0.245 e. The van der Waals surface area contributed by atoms with E-state index in [0.29, 0.717) is 10.6 Å². The minimum atomic E-state index is 0.647. The summed E-state index contributed by atoms with van der Waals surface area (Å²) >= 11 is 0. The number of quaternary nitrogens is 1. The quantitative estimate of drug-likeness (QED) is 0.472. The van der Waals surface area contributed by atoms with Crippen LogP contribution in [0.25, 0.3) is 0 Å². The van der Waals surface area contributed by atoms with Gasteiger partial charge in [0.15, 0.2) is 0 Å². The Labute approximate surface area is 98.6 Å². The minimum absolute atomic E-state index is 0.647. The average molecular weight is 219 g/mol. The van der Waals surface area contributed by atoms with Gasteiger partial charge < -0.3 is 0 Å². The summed E-state index contributed by atoms with van der Waals surface area (Å²) in [6.07, 6.45) is 6.68. The van der Waals surface area contributed by atoms with Crippen LogP contribution in [-0.2, 0) is 6.54 Å². The van der Waals surface area contributed by atoms with Crippen molar-refractivity contribution in [2.75, 3.05) is 7.05 Å². The lowest BCUT2D eigenvalue weighted by atomic mass is 9.93. The van der Waals surface area contributed by atoms with Gasteiger partial charge in [-0.3, -0.25) is 0 Å². The van der Waals surface area contributed by atoms with Crippen molar-refractivity contribution in [2.24, 2.45) is 5.84 Å². The van der Waals surface area contributed by atoms with Crippen LogP contribution in [0, 0.1) is 0 Å². The van der Waals surface area contributed by atoms with Gasteiger partial charge in [0.2, 0.25) is 0 Å². The first-order valence-electron chi connectivity index (χ1n) is 6.36. The van der Waals surface area contributed by atoms with Crippen molar-refractivity contribution in [3.05, 3.63) is 35.9 Å². The fourth-order valence-corrected chi connectivity index (χ4v) is 2.78. The Morgan fingerprint density at radius 2 is 1.75 bits per heavy atom. The number of benzene rings is 1. The van der Waals surface area contributed by atoms with E-state index in [2.05, 4.69) is 37.4 Å². The van der Waals surface area contributed by atoms with Crippen molar-refractivity contribution in [1.29, 1.82) is 0 Å². The Kier molecular flexibility index (Phi) is 3.62. The van der Waals surface area contributed by atoms with Gasteiger partial charge in [0, 0.05) is 18.4 Å². The first-order chi connectivity index (χ1) is 7.68. The SMILES string of the molecule is C[N+](N)(Cc1ccccc1)C1CCCCC1. The van der Waals surface area contributed by atoms with Crippen LogP contribution in [0.5, 0.6) is 0 Å². The molecule has 2 rings (SSSR count). The van der Waals surface area contributed by atoms with Gasteiger partial charge in [-0.15, -0.1) is 0 Å². The average Bonchev–Trinajstić information content (AvgIpc) is 2.31. The van der Waals surface area contributed by atoms with E-state index in [-0.39, 0.29) is 0 Å². The topological polar surface area (TPSA) is 26.0 Å². The van der Waals surface area contributed by atoms with Crippen LogP contribution in [0.3, 0.4) is 0 Å². The Hall–Kier alpha value is -0.860. The van der Waals surface area contributed by atoms with Gasteiger partial charge in [0.1, 0.15) is 12.6 Å². The standard InChI is InChI=1S/C14H23N2/c1-16(15,14-10-6-3-7-11-14)12-13-8-4-2-5-9-13/h2,4-5,8-9,14H,3,6-7,10-12,15H2,1H3/q+1. The van der Waals surface area contributed by atoms with Crippen molar-refractivity contribution in [1.82, 2.24) is 0 Å². The first-order valence-corrected chi connectivity index (χ1v) is 6.36. The van der Waals surface area contributed by atoms with Crippen LogP contribution in [0.4, 0.5) is 0 Å². The molecule has 1 aliphatic carbocycles. The molecule has 0 spiro atoms. The molecule has 16 heavy (non-hydrogen) atoms. The predicted octanol–water partition coefficient (Wildman–Crippen LogP) is 2.84. The smallest absolute Gasteiger partial charge is 0.122 e. The highest BCUT2D eigenvalue weighted by Crippen LogP contribution is 2.25. The molecule has 1 aromatic carbocycles. The molecule has 0 bridgehead atoms. The lowest BCUT2D eigenvalue weighted by Crippen LogP contribution is -2.57. The fraction of sp³-hybridized carbons (Fsp3) is 0.571. The van der Waals surface area contributed by atoms with Gasteiger partial charge >= 0.3 is 0 Å². The van der Waals surface area contributed by atoms with Crippen molar-refractivity contribution < 1.29 is 4.59 Å². The van der Waals surface area contributed by atoms with Crippen molar-refractivity contribution in [2.45, 2.75) is 44.7 Å². The van der Waals surface area contributed by atoms with Gasteiger partial charge in [0.25, 0.3) is 0 Å². The highest BCUT2D eigenvalue weighted by atomic mass is 15.6. The molecule has 2 nitrogen and oxygen atoms in total. The summed E-state index contributed by atoms with van der Waals surface area (Å²) in [6.45, 7) is 0.950. The maximum Gasteiger partial charge on any atom is 0.122 e. The van der Waals surface area contributed by atoms with Crippen LogP contribution >= 0.6 is 0 Å². The summed E-state index contributed by atoms with van der Waals surface area (Å²) in [7, 11) is 2.17. The van der Waals surface area contributed by atoms with Crippen LogP contribution in [0.1, 0.15) is 37.7 Å². The van der Waals surface area contributed by atoms with Crippen LogP contribution in [0.15, 0.2) is 30.3 Å². The number of hydrogen-bond donors (Lipinski definition) is 1. The zero-order valence-corrected chi connectivity index (χ0v) is 10.2. The molecule has 0 amide bonds. The third-order valence-corrected chi connectivity index (χ3v) is 3.77. The zero-order valence-electron chi connectivity index (χ0n) is 10.2. The van der Waals surface area contributed by atoms with Gasteiger partial charge in [-0.25, -0.2) is 4.59 Å². The molecular weight excluding hydrogens is 196 g/mol. The van der Waals surface area contributed by atoms with Crippen molar-refractivity contribution in [3.63, 3.8) is 0 Å². The van der Waals surface area contributed by atoms with Crippen LogP contribution < -0.4 is 5.84 Å². The Morgan fingerprint density at radius 3 is 2.38 bits per heavy atom. The second-order valence-corrected chi connectivity index (χ2v) is 5.28. The van der Waals surface area contributed by atoms with Crippen molar-refractivity contribution >= 4 is 0 Å². The summed E-state index contributed by atoms with van der Waals surface area (Å²) in [5.41, 5.74) is 1.35.